The molecule has 1 aromatic heterocycles. The number of sulfone groups is 1. The highest BCUT2D eigenvalue weighted by atomic mass is 32.2. The minimum Gasteiger partial charge on any atom is -0.506 e. The van der Waals surface area contributed by atoms with Crippen LogP contribution in [0.3, 0.4) is 0 Å². The summed E-state index contributed by atoms with van der Waals surface area (Å²) >= 11 is 1.33. The molecule has 2 aromatic rings. The third-order valence-electron chi connectivity index (χ3n) is 3.05. The van der Waals surface area contributed by atoms with Crippen LogP contribution in [0.4, 0.5) is 5.69 Å². The van der Waals surface area contributed by atoms with Crippen molar-refractivity contribution in [2.24, 2.45) is 0 Å². The minimum atomic E-state index is -3.38. The van der Waals surface area contributed by atoms with Gasteiger partial charge in [0.05, 0.1) is 16.3 Å². The summed E-state index contributed by atoms with van der Waals surface area (Å²) in [6, 6.07) is 6.01. The molecule has 23 heavy (non-hydrogen) atoms. The number of hydrogen-bond acceptors (Lipinski definition) is 7. The van der Waals surface area contributed by atoms with Gasteiger partial charge in [0.15, 0.2) is 9.84 Å². The van der Waals surface area contributed by atoms with Crippen molar-refractivity contribution in [2.75, 3.05) is 11.1 Å². The number of allylic oxidation sites excluding steroid dienone is 1. The number of hydrogen-bond donors (Lipinski definition) is 2. The number of nitriles is 1. The third kappa shape index (κ3) is 3.88. The van der Waals surface area contributed by atoms with Gasteiger partial charge in [-0.3, -0.25) is 0 Å². The molecule has 1 aromatic carbocycles. The second-order valence-electron chi connectivity index (χ2n) is 4.69. The zero-order valence-electron chi connectivity index (χ0n) is 12.6. The summed E-state index contributed by atoms with van der Waals surface area (Å²) in [6.07, 6.45) is 1.40. The molecule has 2 rings (SSSR count). The van der Waals surface area contributed by atoms with Crippen molar-refractivity contribution in [1.82, 2.24) is 4.98 Å². The maximum Gasteiger partial charge on any atom is 0.178 e. The number of aryl methyl sites for hydroxylation is 1. The van der Waals surface area contributed by atoms with Gasteiger partial charge in [-0.2, -0.15) is 5.26 Å². The number of rotatable bonds is 5. The molecule has 120 valence electrons. The topological polar surface area (TPSA) is 103 Å². The number of benzene rings is 1. The number of nitrogens with one attached hydrogen (secondary N) is 1. The number of nitrogens with zero attached hydrogens (tertiary/aromatic N) is 2. The Labute approximate surface area is 138 Å². The average molecular weight is 349 g/mol. The number of phenols is 1. The van der Waals surface area contributed by atoms with Crippen molar-refractivity contribution in [3.63, 3.8) is 0 Å². The van der Waals surface area contributed by atoms with Crippen molar-refractivity contribution in [1.29, 1.82) is 5.26 Å². The van der Waals surface area contributed by atoms with E-state index in [0.717, 1.165) is 5.69 Å². The second kappa shape index (κ2) is 6.81. The fraction of sp³-hybridized carbons (Fsp3) is 0.200. The van der Waals surface area contributed by atoms with Crippen LogP contribution in [0.2, 0.25) is 0 Å². The van der Waals surface area contributed by atoms with Crippen LogP contribution in [-0.2, 0) is 9.84 Å². The van der Waals surface area contributed by atoms with E-state index in [0.29, 0.717) is 10.6 Å². The van der Waals surface area contributed by atoms with E-state index in [1.165, 1.54) is 35.7 Å². The third-order valence-corrected chi connectivity index (χ3v) is 5.77. The van der Waals surface area contributed by atoms with Crippen molar-refractivity contribution < 1.29 is 13.5 Å². The Morgan fingerprint density at radius 1 is 1.52 bits per heavy atom. The van der Waals surface area contributed by atoms with Crippen molar-refractivity contribution >= 4 is 32.4 Å². The number of aromatic nitrogens is 1. The first-order valence-electron chi connectivity index (χ1n) is 6.72. The quantitative estimate of drug-likeness (QED) is 0.635. The molecular weight excluding hydrogens is 334 g/mol. The highest BCUT2D eigenvalue weighted by Crippen LogP contribution is 2.28. The van der Waals surface area contributed by atoms with Gasteiger partial charge >= 0.3 is 0 Å². The molecule has 0 fully saturated rings. The van der Waals surface area contributed by atoms with E-state index in [2.05, 4.69) is 10.3 Å². The van der Waals surface area contributed by atoms with Gasteiger partial charge < -0.3 is 10.4 Å². The van der Waals surface area contributed by atoms with E-state index in [1.54, 1.807) is 6.92 Å². The summed E-state index contributed by atoms with van der Waals surface area (Å²) in [6.45, 7) is 3.38. The maximum absolute atomic E-state index is 11.9. The molecule has 6 nitrogen and oxygen atoms in total. The largest absolute Gasteiger partial charge is 0.506 e. The van der Waals surface area contributed by atoms with E-state index in [9.17, 15) is 18.8 Å². The minimum absolute atomic E-state index is 0.0328. The van der Waals surface area contributed by atoms with Gasteiger partial charge in [-0.15, -0.1) is 11.3 Å². The maximum atomic E-state index is 11.9. The number of aromatic hydroxyl groups is 1. The van der Waals surface area contributed by atoms with Crippen LogP contribution < -0.4 is 5.32 Å². The molecule has 0 saturated carbocycles. The first-order valence-corrected chi connectivity index (χ1v) is 9.25. The van der Waals surface area contributed by atoms with E-state index in [-0.39, 0.29) is 22.1 Å². The van der Waals surface area contributed by atoms with Crippen LogP contribution >= 0.6 is 11.3 Å². The summed E-state index contributed by atoms with van der Waals surface area (Å²) in [7, 11) is -3.38. The smallest absolute Gasteiger partial charge is 0.178 e. The highest BCUT2D eigenvalue weighted by molar-refractivity contribution is 7.91. The van der Waals surface area contributed by atoms with E-state index in [4.69, 9.17) is 0 Å². The monoisotopic (exact) mass is 349 g/mol. The molecule has 0 aliphatic heterocycles. The highest BCUT2D eigenvalue weighted by Gasteiger charge is 2.14. The summed E-state index contributed by atoms with van der Waals surface area (Å²) < 4.78 is 23.8. The molecule has 1 heterocycles. The summed E-state index contributed by atoms with van der Waals surface area (Å²) in [4.78, 5) is 4.32. The molecule has 0 saturated heterocycles. The number of phenolic OH excluding ortho intramolecular Hbond substituents is 1. The molecule has 2 N–H and O–H groups in total. The first-order chi connectivity index (χ1) is 10.9. The van der Waals surface area contributed by atoms with Gasteiger partial charge in [0.2, 0.25) is 0 Å². The summed E-state index contributed by atoms with van der Waals surface area (Å²) in [5.74, 6) is -0.140. The van der Waals surface area contributed by atoms with Gasteiger partial charge in [0.25, 0.3) is 0 Å². The molecule has 0 aliphatic rings. The van der Waals surface area contributed by atoms with E-state index in [1.807, 2.05) is 18.4 Å². The number of anilines is 1. The Kier molecular flexibility index (Phi) is 5.03. The molecule has 0 bridgehead atoms. The first kappa shape index (κ1) is 17.0. The van der Waals surface area contributed by atoms with Gasteiger partial charge in [-0.1, -0.05) is 6.92 Å². The molecule has 0 atom stereocenters. The molecule has 0 aliphatic carbocycles. The molecule has 0 amide bonds. The van der Waals surface area contributed by atoms with E-state index >= 15 is 0 Å². The van der Waals surface area contributed by atoms with Crippen LogP contribution in [0.5, 0.6) is 5.75 Å². The molecule has 0 spiro atoms. The Morgan fingerprint density at radius 3 is 2.83 bits per heavy atom. The SMILES string of the molecule is CCS(=O)(=O)c1ccc(O)c(N/C=C(\C#N)c2nc(C)cs2)c1. The lowest BCUT2D eigenvalue weighted by atomic mass is 10.3. The molecular formula is C15H15N3O3S2. The van der Waals surface area contributed by atoms with Crippen LogP contribution in [0.25, 0.3) is 5.57 Å². The molecule has 0 radical (unpaired) electrons. The fourth-order valence-corrected chi connectivity index (χ4v) is 3.43. The number of thiazole rings is 1. The van der Waals surface area contributed by atoms with E-state index < -0.39 is 9.84 Å². The Morgan fingerprint density at radius 2 is 2.26 bits per heavy atom. The fourth-order valence-electron chi connectivity index (χ4n) is 1.76. The van der Waals surface area contributed by atoms with Crippen LogP contribution in [0, 0.1) is 18.3 Å². The summed E-state index contributed by atoms with van der Waals surface area (Å²) in [5.41, 5.74) is 1.32. The van der Waals surface area contributed by atoms with Gasteiger partial charge in [0, 0.05) is 17.3 Å². The average Bonchev–Trinajstić information content (AvgIpc) is 2.95. The second-order valence-corrected chi connectivity index (χ2v) is 7.83. The Balaban J connectivity index is 2.34. The Hall–Kier alpha value is -2.37. The lowest BCUT2D eigenvalue weighted by molar-refractivity contribution is 0.477. The lowest BCUT2D eigenvalue weighted by Gasteiger charge is -2.08. The normalized spacial score (nSPS) is 12.0. The van der Waals surface area contributed by atoms with Crippen molar-refractivity contribution in [3.05, 3.63) is 40.5 Å². The van der Waals surface area contributed by atoms with Gasteiger partial charge in [-0.25, -0.2) is 13.4 Å². The Bertz CT molecular complexity index is 893. The van der Waals surface area contributed by atoms with Crippen LogP contribution in [0.1, 0.15) is 17.6 Å². The van der Waals surface area contributed by atoms with Crippen LogP contribution in [0.15, 0.2) is 34.7 Å². The van der Waals surface area contributed by atoms with Crippen molar-refractivity contribution in [3.8, 4) is 11.8 Å². The van der Waals surface area contributed by atoms with Gasteiger partial charge in [0.1, 0.15) is 22.4 Å². The zero-order chi connectivity index (χ0) is 17.0. The van der Waals surface area contributed by atoms with Crippen molar-refractivity contribution in [2.45, 2.75) is 18.7 Å². The standard InChI is InChI=1S/C15H15N3O3S2/c1-3-23(20,21)12-4-5-14(19)13(6-12)17-8-11(7-16)15-18-10(2)9-22-15/h4-6,8-9,17,19H,3H2,1-2H3/b11-8+. The zero-order valence-corrected chi connectivity index (χ0v) is 14.2. The predicted octanol–water partition coefficient (Wildman–Crippen LogP) is 2.93. The molecule has 8 heteroatoms. The molecule has 0 unspecified atom stereocenters. The van der Waals surface area contributed by atoms with Gasteiger partial charge in [-0.05, 0) is 25.1 Å². The predicted molar refractivity (Wildman–Crippen MR) is 89.9 cm³/mol. The van der Waals surface area contributed by atoms with Crippen LogP contribution in [-0.4, -0.2) is 24.3 Å². The lowest BCUT2D eigenvalue weighted by Crippen LogP contribution is -2.04. The summed E-state index contributed by atoms with van der Waals surface area (Å²) in [5, 5.41) is 24.2.